The van der Waals surface area contributed by atoms with E-state index in [-0.39, 0.29) is 28.1 Å². The lowest BCUT2D eigenvalue weighted by atomic mass is 10.2. The minimum atomic E-state index is -3.92. The van der Waals surface area contributed by atoms with E-state index in [4.69, 9.17) is 23.1 Å². The molecule has 1 aromatic carbocycles. The Balaban J connectivity index is 3.28. The number of carbonyl (C=O) groups excluding carboxylic acids is 1. The number of carbonyl (C=O) groups is 1. The molecule has 0 fully saturated rings. The van der Waals surface area contributed by atoms with E-state index in [1.165, 1.54) is 18.2 Å². The number of sulfonamides is 1. The molecule has 112 valence electrons. The van der Waals surface area contributed by atoms with Crippen LogP contribution in [0.15, 0.2) is 23.1 Å². The maximum absolute atomic E-state index is 12.6. The van der Waals surface area contributed by atoms with Crippen LogP contribution in [0.3, 0.4) is 0 Å². The zero-order valence-electron chi connectivity index (χ0n) is 11.3. The monoisotopic (exact) mass is 319 g/mol. The minimum Gasteiger partial charge on any atom is -0.399 e. The normalized spacial score (nSPS) is 12.1. The Labute approximate surface area is 123 Å². The fraction of sp³-hybridized carbons (Fsp3) is 0.417. The van der Waals surface area contributed by atoms with E-state index < -0.39 is 22.5 Å². The third kappa shape index (κ3) is 4.09. The van der Waals surface area contributed by atoms with Gasteiger partial charge in [0.1, 0.15) is 4.90 Å². The second-order valence-electron chi connectivity index (χ2n) is 4.85. The van der Waals surface area contributed by atoms with Crippen LogP contribution in [0.1, 0.15) is 13.8 Å². The maximum Gasteiger partial charge on any atom is 0.245 e. The molecule has 20 heavy (non-hydrogen) atoms. The van der Waals surface area contributed by atoms with Crippen molar-refractivity contribution in [1.29, 1.82) is 0 Å². The number of nitrogens with two attached hydrogens (primary N) is 2. The van der Waals surface area contributed by atoms with Crippen LogP contribution in [-0.2, 0) is 14.8 Å². The van der Waals surface area contributed by atoms with Crippen molar-refractivity contribution in [2.45, 2.75) is 18.7 Å². The van der Waals surface area contributed by atoms with Crippen LogP contribution in [0, 0.1) is 5.92 Å². The zero-order valence-corrected chi connectivity index (χ0v) is 12.9. The van der Waals surface area contributed by atoms with Gasteiger partial charge in [-0.1, -0.05) is 25.4 Å². The molecule has 4 N–H and O–H groups in total. The number of hydrogen-bond acceptors (Lipinski definition) is 4. The van der Waals surface area contributed by atoms with Gasteiger partial charge in [-0.15, -0.1) is 0 Å². The fourth-order valence-electron chi connectivity index (χ4n) is 1.69. The Morgan fingerprint density at radius 1 is 1.40 bits per heavy atom. The third-order valence-corrected chi connectivity index (χ3v) is 4.77. The van der Waals surface area contributed by atoms with Gasteiger partial charge in [0.2, 0.25) is 15.9 Å². The Bertz CT molecular complexity index is 602. The Hall–Kier alpha value is -1.31. The molecule has 1 aromatic rings. The fourth-order valence-corrected chi connectivity index (χ4v) is 3.76. The summed E-state index contributed by atoms with van der Waals surface area (Å²) in [5.41, 5.74) is 11.0. The van der Waals surface area contributed by atoms with Crippen LogP contribution in [0.25, 0.3) is 0 Å². The summed E-state index contributed by atoms with van der Waals surface area (Å²) in [6.07, 6.45) is 0. The highest BCUT2D eigenvalue weighted by molar-refractivity contribution is 7.89. The van der Waals surface area contributed by atoms with Gasteiger partial charge in [0.15, 0.2) is 0 Å². The molecule has 0 unspecified atom stereocenters. The van der Waals surface area contributed by atoms with Crippen molar-refractivity contribution in [1.82, 2.24) is 4.31 Å². The molecule has 0 aromatic heterocycles. The highest BCUT2D eigenvalue weighted by Crippen LogP contribution is 2.27. The molecule has 1 amide bonds. The summed E-state index contributed by atoms with van der Waals surface area (Å²) in [6, 6.07) is 4.18. The Kier molecular flexibility index (Phi) is 5.38. The van der Waals surface area contributed by atoms with E-state index in [0.29, 0.717) is 0 Å². The highest BCUT2D eigenvalue weighted by atomic mass is 35.5. The van der Waals surface area contributed by atoms with Gasteiger partial charge in [-0.25, -0.2) is 8.42 Å². The summed E-state index contributed by atoms with van der Waals surface area (Å²) < 4.78 is 26.1. The number of nitrogens with zero attached hydrogens (tertiary/aromatic N) is 1. The van der Waals surface area contributed by atoms with Gasteiger partial charge in [-0.05, 0) is 24.1 Å². The lowest BCUT2D eigenvalue weighted by Gasteiger charge is -2.23. The van der Waals surface area contributed by atoms with Gasteiger partial charge < -0.3 is 11.5 Å². The number of benzene rings is 1. The van der Waals surface area contributed by atoms with E-state index in [2.05, 4.69) is 0 Å². The van der Waals surface area contributed by atoms with Crippen LogP contribution in [0.4, 0.5) is 5.69 Å². The van der Waals surface area contributed by atoms with Gasteiger partial charge in [0, 0.05) is 12.2 Å². The SMILES string of the molecule is CC(C)CN(CC(N)=O)S(=O)(=O)c1cc(N)ccc1Cl. The second-order valence-corrected chi connectivity index (χ2v) is 7.16. The summed E-state index contributed by atoms with van der Waals surface area (Å²) in [7, 11) is -3.92. The summed E-state index contributed by atoms with van der Waals surface area (Å²) in [5.74, 6) is -0.696. The van der Waals surface area contributed by atoms with Gasteiger partial charge in [-0.2, -0.15) is 4.31 Å². The van der Waals surface area contributed by atoms with E-state index >= 15 is 0 Å². The standard InChI is InChI=1S/C12H18ClN3O3S/c1-8(2)6-16(7-12(15)17)20(18,19)11-5-9(14)3-4-10(11)13/h3-5,8H,6-7,14H2,1-2H3,(H2,15,17). The van der Waals surface area contributed by atoms with E-state index in [0.717, 1.165) is 4.31 Å². The van der Waals surface area contributed by atoms with Crippen molar-refractivity contribution < 1.29 is 13.2 Å². The molecule has 0 bridgehead atoms. The summed E-state index contributed by atoms with van der Waals surface area (Å²) >= 11 is 5.92. The topological polar surface area (TPSA) is 106 Å². The average molecular weight is 320 g/mol. The quantitative estimate of drug-likeness (QED) is 0.764. The highest BCUT2D eigenvalue weighted by Gasteiger charge is 2.28. The van der Waals surface area contributed by atoms with Crippen molar-refractivity contribution >= 4 is 33.2 Å². The number of halogens is 1. The Morgan fingerprint density at radius 2 is 2.00 bits per heavy atom. The average Bonchev–Trinajstić information content (AvgIpc) is 2.30. The van der Waals surface area contributed by atoms with Gasteiger partial charge in [-0.3, -0.25) is 4.79 Å². The maximum atomic E-state index is 12.6. The summed E-state index contributed by atoms with van der Waals surface area (Å²) in [6.45, 7) is 3.44. The molecule has 0 saturated carbocycles. The van der Waals surface area contributed by atoms with Crippen molar-refractivity contribution in [2.24, 2.45) is 11.7 Å². The predicted octanol–water partition coefficient (Wildman–Crippen LogP) is 1.05. The van der Waals surface area contributed by atoms with E-state index in [1.807, 2.05) is 13.8 Å². The predicted molar refractivity (Wildman–Crippen MR) is 78.7 cm³/mol. The molecule has 6 nitrogen and oxygen atoms in total. The molecule has 8 heteroatoms. The number of anilines is 1. The van der Waals surface area contributed by atoms with Crippen LogP contribution in [0.5, 0.6) is 0 Å². The Morgan fingerprint density at radius 3 is 2.50 bits per heavy atom. The molecule has 0 radical (unpaired) electrons. The van der Waals surface area contributed by atoms with Crippen molar-refractivity contribution in [2.75, 3.05) is 18.8 Å². The first kappa shape index (κ1) is 16.7. The molecule has 0 saturated heterocycles. The summed E-state index contributed by atoms with van der Waals surface area (Å²) in [5, 5.41) is 0.0532. The molecule has 1 rings (SSSR count). The van der Waals surface area contributed by atoms with Crippen LogP contribution < -0.4 is 11.5 Å². The number of rotatable bonds is 6. The molecule has 0 aliphatic rings. The molecular weight excluding hydrogens is 302 g/mol. The van der Waals surface area contributed by atoms with Crippen LogP contribution in [-0.4, -0.2) is 31.7 Å². The number of amides is 1. The first-order chi connectivity index (χ1) is 9.14. The van der Waals surface area contributed by atoms with E-state index in [1.54, 1.807) is 0 Å². The van der Waals surface area contributed by atoms with E-state index in [9.17, 15) is 13.2 Å². The van der Waals surface area contributed by atoms with Crippen molar-refractivity contribution in [3.8, 4) is 0 Å². The lowest BCUT2D eigenvalue weighted by molar-refractivity contribution is -0.118. The largest absolute Gasteiger partial charge is 0.399 e. The van der Waals surface area contributed by atoms with Crippen LogP contribution >= 0.6 is 11.6 Å². The summed E-state index contributed by atoms with van der Waals surface area (Å²) in [4.78, 5) is 11.0. The van der Waals surface area contributed by atoms with Crippen molar-refractivity contribution in [3.63, 3.8) is 0 Å². The number of hydrogen-bond donors (Lipinski definition) is 2. The van der Waals surface area contributed by atoms with Crippen LogP contribution in [0.2, 0.25) is 5.02 Å². The van der Waals surface area contributed by atoms with Gasteiger partial charge >= 0.3 is 0 Å². The minimum absolute atomic E-state index is 0.0314. The first-order valence-corrected chi connectivity index (χ1v) is 7.80. The van der Waals surface area contributed by atoms with Crippen molar-refractivity contribution in [3.05, 3.63) is 23.2 Å². The lowest BCUT2D eigenvalue weighted by Crippen LogP contribution is -2.40. The molecule has 0 aliphatic carbocycles. The van der Waals surface area contributed by atoms with Gasteiger partial charge in [0.25, 0.3) is 0 Å². The second kappa shape index (κ2) is 6.43. The third-order valence-electron chi connectivity index (χ3n) is 2.47. The first-order valence-electron chi connectivity index (χ1n) is 5.98. The number of primary amides is 1. The molecule has 0 heterocycles. The molecule has 0 aliphatic heterocycles. The number of nitrogen functional groups attached to an aromatic ring is 1. The molecule has 0 spiro atoms. The molecular formula is C12H18ClN3O3S. The van der Waals surface area contributed by atoms with Gasteiger partial charge in [0.05, 0.1) is 11.6 Å². The zero-order chi connectivity index (χ0) is 15.5. The smallest absolute Gasteiger partial charge is 0.245 e. The molecule has 0 atom stereocenters.